The molecule has 1 aliphatic heterocycles. The van der Waals surface area contributed by atoms with E-state index < -0.39 is 12.1 Å². The van der Waals surface area contributed by atoms with Gasteiger partial charge in [0.2, 0.25) is 5.91 Å². The molecule has 1 fully saturated rings. The average molecular weight is 281 g/mol. The molecule has 5 nitrogen and oxygen atoms in total. The van der Waals surface area contributed by atoms with E-state index >= 15 is 0 Å². The lowest BCUT2D eigenvalue weighted by Crippen LogP contribution is -2.32. The predicted molar refractivity (Wildman–Crippen MR) is 71.9 cm³/mol. The van der Waals surface area contributed by atoms with Gasteiger partial charge in [0.25, 0.3) is 0 Å². The second-order valence-electron chi connectivity index (χ2n) is 4.26. The Morgan fingerprint density at radius 3 is 3.00 bits per heavy atom. The summed E-state index contributed by atoms with van der Waals surface area (Å²) in [5, 5.41) is 13.4. The molecule has 102 valence electrons. The zero-order chi connectivity index (χ0) is 13.7. The molecule has 19 heavy (non-hydrogen) atoms. The van der Waals surface area contributed by atoms with Crippen LogP contribution < -0.4 is 5.32 Å². The Kier molecular flexibility index (Phi) is 4.70. The second kappa shape index (κ2) is 6.49. The fraction of sp³-hybridized carbons (Fsp3) is 0.385. The minimum absolute atomic E-state index is 0.198. The Bertz CT molecular complexity index is 469. The van der Waals surface area contributed by atoms with E-state index in [0.29, 0.717) is 19.4 Å². The SMILES string of the molecule is O=C(C=Cc1cccs1)NCC1CCC(C(=O)O)O1. The third-order valence-corrected chi connectivity index (χ3v) is 3.67. The summed E-state index contributed by atoms with van der Waals surface area (Å²) in [6, 6.07) is 3.84. The van der Waals surface area contributed by atoms with E-state index in [2.05, 4.69) is 5.32 Å². The van der Waals surface area contributed by atoms with Gasteiger partial charge in [-0.3, -0.25) is 4.79 Å². The van der Waals surface area contributed by atoms with Crippen LogP contribution in [0.3, 0.4) is 0 Å². The first-order valence-electron chi connectivity index (χ1n) is 6.03. The number of rotatable bonds is 5. The fourth-order valence-electron chi connectivity index (χ4n) is 1.85. The first kappa shape index (κ1) is 13.8. The van der Waals surface area contributed by atoms with Gasteiger partial charge >= 0.3 is 5.97 Å². The van der Waals surface area contributed by atoms with Crippen LogP contribution in [0.15, 0.2) is 23.6 Å². The quantitative estimate of drug-likeness (QED) is 0.802. The average Bonchev–Trinajstić information content (AvgIpc) is 3.05. The van der Waals surface area contributed by atoms with E-state index in [1.54, 1.807) is 17.4 Å². The summed E-state index contributed by atoms with van der Waals surface area (Å²) >= 11 is 1.56. The Labute approximate surface area is 114 Å². The van der Waals surface area contributed by atoms with Gasteiger partial charge in [0.15, 0.2) is 6.10 Å². The molecule has 0 saturated carbocycles. The van der Waals surface area contributed by atoms with E-state index in [-0.39, 0.29) is 12.0 Å². The maximum atomic E-state index is 11.5. The molecule has 1 aromatic heterocycles. The van der Waals surface area contributed by atoms with Gasteiger partial charge in [0, 0.05) is 17.5 Å². The summed E-state index contributed by atoms with van der Waals surface area (Å²) in [6.07, 6.45) is 3.43. The number of carbonyl (C=O) groups is 2. The summed E-state index contributed by atoms with van der Waals surface area (Å²) < 4.78 is 5.29. The standard InChI is InChI=1S/C13H15NO4S/c15-12(6-4-10-2-1-7-19-10)14-8-9-3-5-11(18-9)13(16)17/h1-2,4,6-7,9,11H,3,5,8H2,(H,14,15)(H,16,17). The first-order valence-corrected chi connectivity index (χ1v) is 6.91. The van der Waals surface area contributed by atoms with Crippen LogP contribution in [-0.4, -0.2) is 35.7 Å². The lowest BCUT2D eigenvalue weighted by atomic mass is 10.2. The predicted octanol–water partition coefficient (Wildman–Crippen LogP) is 1.51. The Balaban J connectivity index is 1.71. The molecule has 0 radical (unpaired) electrons. The number of thiophene rings is 1. The van der Waals surface area contributed by atoms with E-state index in [1.807, 2.05) is 17.5 Å². The van der Waals surface area contributed by atoms with Crippen molar-refractivity contribution in [2.75, 3.05) is 6.54 Å². The van der Waals surface area contributed by atoms with Gasteiger partial charge in [0.1, 0.15) is 0 Å². The van der Waals surface area contributed by atoms with Gasteiger partial charge in [-0.1, -0.05) is 6.07 Å². The highest BCUT2D eigenvalue weighted by Gasteiger charge is 2.30. The van der Waals surface area contributed by atoms with Gasteiger partial charge in [-0.2, -0.15) is 0 Å². The lowest BCUT2D eigenvalue weighted by molar-refractivity contribution is -0.149. The molecule has 2 heterocycles. The third-order valence-electron chi connectivity index (χ3n) is 2.83. The monoisotopic (exact) mass is 281 g/mol. The molecule has 1 amide bonds. The molecule has 2 rings (SSSR count). The lowest BCUT2D eigenvalue weighted by Gasteiger charge is -2.11. The van der Waals surface area contributed by atoms with Gasteiger partial charge < -0.3 is 15.2 Å². The zero-order valence-electron chi connectivity index (χ0n) is 10.2. The van der Waals surface area contributed by atoms with Crippen LogP contribution in [0.1, 0.15) is 17.7 Å². The topological polar surface area (TPSA) is 75.6 Å². The summed E-state index contributed by atoms with van der Waals surface area (Å²) in [7, 11) is 0. The highest BCUT2D eigenvalue weighted by atomic mass is 32.1. The van der Waals surface area contributed by atoms with E-state index in [0.717, 1.165) is 4.88 Å². The molecule has 0 aromatic carbocycles. The largest absolute Gasteiger partial charge is 0.479 e. The molecule has 0 bridgehead atoms. The number of carboxylic acid groups (broad SMARTS) is 1. The fourth-order valence-corrected chi connectivity index (χ4v) is 2.47. The molecular weight excluding hydrogens is 266 g/mol. The van der Waals surface area contributed by atoms with Crippen LogP contribution >= 0.6 is 11.3 Å². The number of carboxylic acids is 1. The molecule has 1 saturated heterocycles. The number of carbonyl (C=O) groups excluding carboxylic acids is 1. The van der Waals surface area contributed by atoms with E-state index in [4.69, 9.17) is 9.84 Å². The van der Waals surface area contributed by atoms with Crippen molar-refractivity contribution in [3.8, 4) is 0 Å². The summed E-state index contributed by atoms with van der Waals surface area (Å²) in [5.41, 5.74) is 0. The van der Waals surface area contributed by atoms with E-state index in [1.165, 1.54) is 6.08 Å². The Morgan fingerprint density at radius 2 is 2.37 bits per heavy atom. The number of ether oxygens (including phenoxy) is 1. The van der Waals surface area contributed by atoms with Gasteiger partial charge in [-0.25, -0.2) is 4.79 Å². The summed E-state index contributed by atoms with van der Waals surface area (Å²) in [4.78, 5) is 23.3. The Hall–Kier alpha value is -1.66. The van der Waals surface area contributed by atoms with Crippen LogP contribution in [0.25, 0.3) is 6.08 Å². The smallest absolute Gasteiger partial charge is 0.332 e. The molecule has 1 aromatic rings. The molecule has 0 aliphatic carbocycles. The van der Waals surface area contributed by atoms with Crippen LogP contribution in [0.4, 0.5) is 0 Å². The van der Waals surface area contributed by atoms with E-state index in [9.17, 15) is 9.59 Å². The number of hydrogen-bond donors (Lipinski definition) is 2. The molecular formula is C13H15NO4S. The molecule has 2 N–H and O–H groups in total. The van der Waals surface area contributed by atoms with Gasteiger partial charge in [-0.15, -0.1) is 11.3 Å². The first-order chi connectivity index (χ1) is 9.15. The van der Waals surface area contributed by atoms with Crippen molar-refractivity contribution in [1.29, 1.82) is 0 Å². The third kappa shape index (κ3) is 4.18. The molecule has 1 aliphatic rings. The van der Waals surface area contributed by atoms with Gasteiger partial charge in [0.05, 0.1) is 6.10 Å². The number of amides is 1. The maximum Gasteiger partial charge on any atom is 0.332 e. The van der Waals surface area contributed by atoms with Crippen molar-refractivity contribution in [1.82, 2.24) is 5.32 Å². The highest BCUT2D eigenvalue weighted by molar-refractivity contribution is 7.10. The number of hydrogen-bond acceptors (Lipinski definition) is 4. The normalized spacial score (nSPS) is 22.7. The summed E-state index contributed by atoms with van der Waals surface area (Å²) in [5.74, 6) is -1.14. The molecule has 2 unspecified atom stereocenters. The van der Waals surface area contributed by atoms with Crippen molar-refractivity contribution < 1.29 is 19.4 Å². The van der Waals surface area contributed by atoms with Crippen LogP contribution in [0.2, 0.25) is 0 Å². The van der Waals surface area contributed by atoms with Crippen molar-refractivity contribution in [3.05, 3.63) is 28.5 Å². The minimum Gasteiger partial charge on any atom is -0.479 e. The van der Waals surface area contributed by atoms with Crippen molar-refractivity contribution >= 4 is 29.3 Å². The minimum atomic E-state index is -0.939. The van der Waals surface area contributed by atoms with Crippen molar-refractivity contribution in [2.24, 2.45) is 0 Å². The van der Waals surface area contributed by atoms with Crippen LogP contribution in [0.5, 0.6) is 0 Å². The molecule has 2 atom stereocenters. The number of aliphatic carboxylic acids is 1. The van der Waals surface area contributed by atoms with Crippen molar-refractivity contribution in [3.63, 3.8) is 0 Å². The van der Waals surface area contributed by atoms with Gasteiger partial charge in [-0.05, 0) is 30.4 Å². The van der Waals surface area contributed by atoms with Crippen LogP contribution in [0, 0.1) is 0 Å². The Morgan fingerprint density at radius 1 is 1.53 bits per heavy atom. The molecule has 0 spiro atoms. The highest BCUT2D eigenvalue weighted by Crippen LogP contribution is 2.19. The zero-order valence-corrected chi connectivity index (χ0v) is 11.1. The van der Waals surface area contributed by atoms with Crippen LogP contribution in [-0.2, 0) is 14.3 Å². The van der Waals surface area contributed by atoms with Crippen molar-refractivity contribution in [2.45, 2.75) is 25.0 Å². The second-order valence-corrected chi connectivity index (χ2v) is 5.24. The maximum absolute atomic E-state index is 11.5. The number of nitrogens with one attached hydrogen (secondary N) is 1. The summed E-state index contributed by atoms with van der Waals surface area (Å²) in [6.45, 7) is 0.345. The molecule has 6 heteroatoms.